The van der Waals surface area contributed by atoms with Crippen LogP contribution in [0.1, 0.15) is 10.4 Å². The van der Waals surface area contributed by atoms with Crippen molar-refractivity contribution in [1.29, 1.82) is 0 Å². The highest BCUT2D eigenvalue weighted by Gasteiger charge is 2.06. The fourth-order valence-corrected chi connectivity index (χ4v) is 1.46. The molecule has 0 bridgehead atoms. The highest BCUT2D eigenvalue weighted by Crippen LogP contribution is 2.13. The van der Waals surface area contributed by atoms with E-state index in [4.69, 9.17) is 0 Å². The van der Waals surface area contributed by atoms with E-state index in [1.54, 1.807) is 36.8 Å². The van der Waals surface area contributed by atoms with Crippen molar-refractivity contribution in [3.05, 3.63) is 46.8 Å². The molecule has 2 rings (SSSR count). The van der Waals surface area contributed by atoms with Gasteiger partial charge in [0.25, 0.3) is 5.91 Å². The van der Waals surface area contributed by atoms with E-state index < -0.39 is 0 Å². The van der Waals surface area contributed by atoms with Gasteiger partial charge in [-0.05, 0) is 18.2 Å². The van der Waals surface area contributed by atoms with Crippen LogP contribution >= 0.6 is 15.9 Å². The Morgan fingerprint density at radius 3 is 3.00 bits per heavy atom. The minimum Gasteiger partial charge on any atom is -0.367 e. The van der Waals surface area contributed by atoms with E-state index in [1.165, 1.54) is 0 Å². The summed E-state index contributed by atoms with van der Waals surface area (Å²) in [5, 5.41) is 2.69. The second-order valence-electron chi connectivity index (χ2n) is 2.91. The summed E-state index contributed by atoms with van der Waals surface area (Å²) >= 11 is 3.30. The first kappa shape index (κ1) is 9.92. The number of aromatic nitrogens is 2. The summed E-state index contributed by atoms with van der Waals surface area (Å²) in [5.41, 5.74) is 0.580. The monoisotopic (exact) mass is 265 g/mol. The molecule has 5 heteroatoms. The van der Waals surface area contributed by atoms with Crippen LogP contribution in [0.4, 0.5) is 5.82 Å². The van der Waals surface area contributed by atoms with Crippen LogP contribution in [0, 0.1) is 0 Å². The van der Waals surface area contributed by atoms with E-state index >= 15 is 0 Å². The van der Waals surface area contributed by atoms with Crippen molar-refractivity contribution in [2.45, 2.75) is 0 Å². The predicted molar refractivity (Wildman–Crippen MR) is 60.7 cm³/mol. The number of nitrogens with zero attached hydrogens (tertiary/aromatic N) is 1. The Morgan fingerprint density at radius 1 is 1.47 bits per heavy atom. The van der Waals surface area contributed by atoms with Crippen molar-refractivity contribution < 1.29 is 4.79 Å². The quantitative estimate of drug-likeness (QED) is 0.877. The fraction of sp³-hybridized carbons (Fsp3) is 0. The summed E-state index contributed by atoms with van der Waals surface area (Å²) in [6.07, 6.45) is 4.95. The van der Waals surface area contributed by atoms with Gasteiger partial charge in [-0.3, -0.25) is 4.79 Å². The Labute approximate surface area is 94.9 Å². The van der Waals surface area contributed by atoms with Crippen molar-refractivity contribution in [2.75, 3.05) is 5.32 Å². The molecule has 2 aromatic heterocycles. The smallest absolute Gasteiger partial charge is 0.258 e. The van der Waals surface area contributed by atoms with Crippen LogP contribution in [0.25, 0.3) is 0 Å². The normalized spacial score (nSPS) is 9.93. The third-order valence-electron chi connectivity index (χ3n) is 1.82. The lowest BCUT2D eigenvalue weighted by atomic mass is 10.3. The maximum atomic E-state index is 11.6. The molecule has 4 nitrogen and oxygen atoms in total. The van der Waals surface area contributed by atoms with E-state index in [2.05, 4.69) is 31.2 Å². The summed E-state index contributed by atoms with van der Waals surface area (Å²) in [7, 11) is 0. The standard InChI is InChI=1S/C10H8BrN3O/c11-8-2-4-13-9(5-8)14-10(15)7-1-3-12-6-7/h1-6,12H,(H,13,14,15). The molecule has 0 aliphatic rings. The van der Waals surface area contributed by atoms with Gasteiger partial charge in [0.1, 0.15) is 5.82 Å². The number of nitrogens with one attached hydrogen (secondary N) is 2. The van der Waals surface area contributed by atoms with Crippen molar-refractivity contribution in [1.82, 2.24) is 9.97 Å². The molecular weight excluding hydrogens is 258 g/mol. The van der Waals surface area contributed by atoms with Crippen molar-refractivity contribution in [2.24, 2.45) is 0 Å². The number of carbonyl (C=O) groups is 1. The topological polar surface area (TPSA) is 57.8 Å². The number of anilines is 1. The number of amides is 1. The summed E-state index contributed by atoms with van der Waals surface area (Å²) in [4.78, 5) is 18.4. The van der Waals surface area contributed by atoms with Crippen molar-refractivity contribution in [3.63, 3.8) is 0 Å². The lowest BCUT2D eigenvalue weighted by Gasteiger charge is -2.02. The van der Waals surface area contributed by atoms with Gasteiger partial charge in [0.15, 0.2) is 0 Å². The zero-order chi connectivity index (χ0) is 10.7. The van der Waals surface area contributed by atoms with Crippen molar-refractivity contribution >= 4 is 27.7 Å². The molecule has 0 saturated carbocycles. The van der Waals surface area contributed by atoms with Gasteiger partial charge < -0.3 is 10.3 Å². The molecular formula is C10H8BrN3O. The Balaban J connectivity index is 2.13. The fourth-order valence-electron chi connectivity index (χ4n) is 1.13. The summed E-state index contributed by atoms with van der Waals surface area (Å²) in [6, 6.07) is 5.24. The number of halogens is 1. The number of aromatic amines is 1. The molecule has 2 heterocycles. The molecule has 0 atom stereocenters. The lowest BCUT2D eigenvalue weighted by Crippen LogP contribution is -2.11. The second kappa shape index (κ2) is 4.27. The number of carbonyl (C=O) groups excluding carboxylic acids is 1. The minimum absolute atomic E-state index is 0.179. The van der Waals surface area contributed by atoms with Gasteiger partial charge in [-0.15, -0.1) is 0 Å². The highest BCUT2D eigenvalue weighted by molar-refractivity contribution is 9.10. The van der Waals surface area contributed by atoms with Gasteiger partial charge in [-0.2, -0.15) is 0 Å². The first-order valence-electron chi connectivity index (χ1n) is 4.31. The van der Waals surface area contributed by atoms with E-state index in [0.717, 1.165) is 4.47 Å². The number of hydrogen-bond acceptors (Lipinski definition) is 2. The molecule has 0 saturated heterocycles. The molecule has 0 fully saturated rings. The molecule has 1 amide bonds. The Morgan fingerprint density at radius 2 is 2.33 bits per heavy atom. The van der Waals surface area contributed by atoms with Crippen LogP contribution in [-0.2, 0) is 0 Å². The molecule has 0 aliphatic carbocycles. The van der Waals surface area contributed by atoms with E-state index in [-0.39, 0.29) is 5.91 Å². The first-order chi connectivity index (χ1) is 7.25. The third kappa shape index (κ3) is 2.44. The SMILES string of the molecule is O=C(Nc1cc(Br)ccn1)c1cc[nH]c1. The van der Waals surface area contributed by atoms with Gasteiger partial charge in [0.05, 0.1) is 5.56 Å². The van der Waals surface area contributed by atoms with Gasteiger partial charge in [-0.1, -0.05) is 15.9 Å². The molecule has 0 aliphatic heterocycles. The molecule has 0 radical (unpaired) electrons. The number of hydrogen-bond donors (Lipinski definition) is 2. The largest absolute Gasteiger partial charge is 0.367 e. The third-order valence-corrected chi connectivity index (χ3v) is 2.32. The average molecular weight is 266 g/mol. The second-order valence-corrected chi connectivity index (χ2v) is 3.83. The van der Waals surface area contributed by atoms with Gasteiger partial charge in [0, 0.05) is 23.1 Å². The zero-order valence-corrected chi connectivity index (χ0v) is 9.28. The zero-order valence-electron chi connectivity index (χ0n) is 7.70. The van der Waals surface area contributed by atoms with Crippen LogP contribution < -0.4 is 5.32 Å². The lowest BCUT2D eigenvalue weighted by molar-refractivity contribution is 0.102. The molecule has 2 N–H and O–H groups in total. The van der Waals surface area contributed by atoms with Crippen LogP contribution in [0.15, 0.2) is 41.3 Å². The molecule has 0 unspecified atom stereocenters. The van der Waals surface area contributed by atoms with Crippen LogP contribution in [0.3, 0.4) is 0 Å². The summed E-state index contributed by atoms with van der Waals surface area (Å²) in [6.45, 7) is 0. The van der Waals surface area contributed by atoms with E-state index in [1.807, 2.05) is 0 Å². The number of rotatable bonds is 2. The van der Waals surface area contributed by atoms with Gasteiger partial charge in [-0.25, -0.2) is 4.98 Å². The highest BCUT2D eigenvalue weighted by atomic mass is 79.9. The Hall–Kier alpha value is -1.62. The average Bonchev–Trinajstić information content (AvgIpc) is 2.70. The maximum Gasteiger partial charge on any atom is 0.258 e. The van der Waals surface area contributed by atoms with Crippen LogP contribution in [0.5, 0.6) is 0 Å². The maximum absolute atomic E-state index is 11.6. The Kier molecular flexibility index (Phi) is 2.82. The molecule has 76 valence electrons. The molecule has 0 aromatic carbocycles. The summed E-state index contributed by atoms with van der Waals surface area (Å²) in [5.74, 6) is 0.345. The number of H-pyrrole nitrogens is 1. The van der Waals surface area contributed by atoms with Gasteiger partial charge in [0.2, 0.25) is 0 Å². The summed E-state index contributed by atoms with van der Waals surface area (Å²) < 4.78 is 0.877. The first-order valence-corrected chi connectivity index (χ1v) is 5.11. The van der Waals surface area contributed by atoms with E-state index in [9.17, 15) is 4.79 Å². The molecule has 0 spiro atoms. The Bertz CT molecular complexity index is 467. The molecule has 2 aromatic rings. The van der Waals surface area contributed by atoms with Crippen LogP contribution in [-0.4, -0.2) is 15.9 Å². The number of pyridine rings is 1. The van der Waals surface area contributed by atoms with Crippen LogP contribution in [0.2, 0.25) is 0 Å². The predicted octanol–water partition coefficient (Wildman–Crippen LogP) is 2.42. The van der Waals surface area contributed by atoms with Crippen molar-refractivity contribution in [3.8, 4) is 0 Å². The minimum atomic E-state index is -0.179. The van der Waals surface area contributed by atoms with Gasteiger partial charge >= 0.3 is 0 Å². The molecule has 15 heavy (non-hydrogen) atoms. The van der Waals surface area contributed by atoms with E-state index in [0.29, 0.717) is 11.4 Å².